The van der Waals surface area contributed by atoms with E-state index >= 15 is 0 Å². The van der Waals surface area contributed by atoms with Gasteiger partial charge in [-0.2, -0.15) is 5.10 Å². The summed E-state index contributed by atoms with van der Waals surface area (Å²) in [6.45, 7) is 2.87. The highest BCUT2D eigenvalue weighted by Gasteiger charge is 2.47. The second-order valence-electron chi connectivity index (χ2n) is 9.12. The predicted molar refractivity (Wildman–Crippen MR) is 140 cm³/mol. The highest BCUT2D eigenvalue weighted by molar-refractivity contribution is 6.46. The Morgan fingerprint density at radius 3 is 2.43 bits per heavy atom. The molecule has 9 nitrogen and oxygen atoms in total. The number of nitrogens with zero attached hydrogens (tertiary/aromatic N) is 4. The summed E-state index contributed by atoms with van der Waals surface area (Å²) in [6.07, 6.45) is 2.16. The van der Waals surface area contributed by atoms with Crippen LogP contribution in [0.5, 0.6) is 11.5 Å². The Kier molecular flexibility index (Phi) is 7.63. The van der Waals surface area contributed by atoms with Gasteiger partial charge in [-0.25, -0.2) is 4.68 Å². The highest BCUT2D eigenvalue weighted by Crippen LogP contribution is 2.45. The van der Waals surface area contributed by atoms with Crippen molar-refractivity contribution in [2.45, 2.75) is 19.4 Å². The molecule has 0 aliphatic carbocycles. The second kappa shape index (κ2) is 10.9. The van der Waals surface area contributed by atoms with Crippen LogP contribution in [0.25, 0.3) is 11.4 Å². The average molecular weight is 505 g/mol. The number of rotatable bonds is 9. The summed E-state index contributed by atoms with van der Waals surface area (Å²) in [5, 5.41) is 16.0. The number of hydrogen-bond donors (Lipinski definition) is 1. The molecule has 0 bridgehead atoms. The molecule has 0 radical (unpaired) electrons. The lowest BCUT2D eigenvalue weighted by Crippen LogP contribution is -2.32. The summed E-state index contributed by atoms with van der Waals surface area (Å²) in [4.78, 5) is 30.3. The average Bonchev–Trinajstić information content (AvgIpc) is 3.40. The van der Waals surface area contributed by atoms with Crippen LogP contribution in [-0.2, 0) is 9.59 Å². The summed E-state index contributed by atoms with van der Waals surface area (Å²) >= 11 is 0. The summed E-state index contributed by atoms with van der Waals surface area (Å²) in [7, 11) is 6.93. The van der Waals surface area contributed by atoms with E-state index in [2.05, 4.69) is 5.10 Å². The number of carbonyl (C=O) groups is 2. The monoisotopic (exact) mass is 504 g/mol. The SMILES string of the molecule is COc1cccc([C@@H]2C(=C(O)c3cnn(-c4ccccc4)c3C)C(=O)C(=O)N2CCCN(C)C)c1OC. The van der Waals surface area contributed by atoms with Crippen molar-refractivity contribution in [2.75, 3.05) is 41.4 Å². The van der Waals surface area contributed by atoms with Crippen molar-refractivity contribution in [1.29, 1.82) is 0 Å². The molecular formula is C28H32N4O5. The van der Waals surface area contributed by atoms with E-state index in [4.69, 9.17) is 9.47 Å². The summed E-state index contributed by atoms with van der Waals surface area (Å²) in [6, 6.07) is 13.9. The molecule has 1 aromatic heterocycles. The smallest absolute Gasteiger partial charge is 0.295 e. The number of benzene rings is 2. The number of hydrogen-bond acceptors (Lipinski definition) is 7. The molecule has 1 saturated heterocycles. The Bertz CT molecular complexity index is 1330. The number of amides is 1. The van der Waals surface area contributed by atoms with E-state index in [0.717, 1.165) is 12.2 Å². The molecule has 0 spiro atoms. The first-order chi connectivity index (χ1) is 17.8. The molecule has 1 aliphatic heterocycles. The van der Waals surface area contributed by atoms with Crippen molar-refractivity contribution in [2.24, 2.45) is 0 Å². The van der Waals surface area contributed by atoms with Crippen molar-refractivity contribution >= 4 is 17.4 Å². The second-order valence-corrected chi connectivity index (χ2v) is 9.12. The van der Waals surface area contributed by atoms with Crippen molar-refractivity contribution in [3.63, 3.8) is 0 Å². The molecular weight excluding hydrogens is 472 g/mol. The molecule has 1 aliphatic rings. The van der Waals surface area contributed by atoms with Crippen molar-refractivity contribution in [3.8, 4) is 17.2 Å². The minimum absolute atomic E-state index is 0.00267. The molecule has 3 aromatic rings. The maximum absolute atomic E-state index is 13.4. The van der Waals surface area contributed by atoms with Crippen LogP contribution in [0, 0.1) is 6.92 Å². The van der Waals surface area contributed by atoms with Gasteiger partial charge in [0.2, 0.25) is 0 Å². The molecule has 9 heteroatoms. The Hall–Kier alpha value is -4.11. The van der Waals surface area contributed by atoms with Gasteiger partial charge in [0, 0.05) is 12.1 Å². The molecule has 1 atom stereocenters. The topological polar surface area (TPSA) is 97.1 Å². The largest absolute Gasteiger partial charge is 0.507 e. The molecule has 1 fully saturated rings. The van der Waals surface area contributed by atoms with E-state index in [0.29, 0.717) is 41.3 Å². The minimum atomic E-state index is -0.855. The van der Waals surface area contributed by atoms with Crippen molar-refractivity contribution in [1.82, 2.24) is 19.6 Å². The summed E-state index contributed by atoms with van der Waals surface area (Å²) in [5.74, 6) is -0.820. The Balaban J connectivity index is 1.88. The number of ether oxygens (including phenoxy) is 2. The van der Waals surface area contributed by atoms with Crippen LogP contribution >= 0.6 is 0 Å². The van der Waals surface area contributed by atoms with Gasteiger partial charge in [0.05, 0.1) is 49.0 Å². The van der Waals surface area contributed by atoms with Crippen LogP contribution in [0.15, 0.2) is 60.3 Å². The van der Waals surface area contributed by atoms with Crippen LogP contribution in [0.1, 0.15) is 29.3 Å². The fraction of sp³-hybridized carbons (Fsp3) is 0.321. The molecule has 0 saturated carbocycles. The molecule has 194 valence electrons. The van der Waals surface area contributed by atoms with Crippen LogP contribution in [0.3, 0.4) is 0 Å². The van der Waals surface area contributed by atoms with Crippen LogP contribution in [-0.4, -0.2) is 77.8 Å². The van der Waals surface area contributed by atoms with Gasteiger partial charge in [-0.15, -0.1) is 0 Å². The lowest BCUT2D eigenvalue weighted by atomic mass is 9.94. The van der Waals surface area contributed by atoms with Gasteiger partial charge in [-0.3, -0.25) is 9.59 Å². The number of ketones is 1. The van der Waals surface area contributed by atoms with Gasteiger partial charge >= 0.3 is 0 Å². The number of aliphatic hydroxyl groups is 1. The normalized spacial score (nSPS) is 17.0. The van der Waals surface area contributed by atoms with Gasteiger partial charge in [-0.05, 0) is 52.2 Å². The zero-order valence-corrected chi connectivity index (χ0v) is 21.8. The number of likely N-dealkylation sites (tertiary alicyclic amines) is 1. The number of para-hydroxylation sites is 2. The predicted octanol–water partition coefficient (Wildman–Crippen LogP) is 3.57. The van der Waals surface area contributed by atoms with Crippen LogP contribution in [0.4, 0.5) is 0 Å². The Labute approximate surface area is 216 Å². The Morgan fingerprint density at radius 2 is 1.78 bits per heavy atom. The number of Topliss-reactive ketones (excluding diaryl/α,β-unsaturated/α-hetero) is 1. The number of methoxy groups -OCH3 is 2. The third-order valence-electron chi connectivity index (χ3n) is 6.54. The fourth-order valence-corrected chi connectivity index (χ4v) is 4.74. The first kappa shape index (κ1) is 26.0. The fourth-order valence-electron chi connectivity index (χ4n) is 4.74. The van der Waals surface area contributed by atoms with Gasteiger partial charge in [0.15, 0.2) is 11.5 Å². The van der Waals surface area contributed by atoms with Crippen LogP contribution < -0.4 is 9.47 Å². The van der Waals surface area contributed by atoms with Gasteiger partial charge < -0.3 is 24.4 Å². The first-order valence-electron chi connectivity index (χ1n) is 12.0. The van der Waals surface area contributed by atoms with Gasteiger partial charge in [0.1, 0.15) is 5.76 Å². The molecule has 2 aromatic carbocycles. The first-order valence-corrected chi connectivity index (χ1v) is 12.0. The number of carbonyl (C=O) groups excluding carboxylic acids is 2. The third kappa shape index (κ3) is 4.82. The number of aliphatic hydroxyl groups excluding tert-OH is 1. The Morgan fingerprint density at radius 1 is 1.05 bits per heavy atom. The molecule has 1 N–H and O–H groups in total. The maximum atomic E-state index is 13.4. The van der Waals surface area contributed by atoms with Gasteiger partial charge in [0.25, 0.3) is 11.7 Å². The van der Waals surface area contributed by atoms with E-state index in [1.165, 1.54) is 25.3 Å². The quantitative estimate of drug-likeness (QED) is 0.270. The van der Waals surface area contributed by atoms with Crippen molar-refractivity contribution < 1.29 is 24.2 Å². The van der Waals surface area contributed by atoms with E-state index in [-0.39, 0.29) is 11.3 Å². The van der Waals surface area contributed by atoms with E-state index < -0.39 is 17.7 Å². The molecule has 1 amide bonds. The van der Waals surface area contributed by atoms with E-state index in [1.54, 1.807) is 22.9 Å². The standard InChI is InChI=1S/C28H32N4O5/c1-18-21(17-29-32(18)19-11-7-6-8-12-19)25(33)23-24(20-13-9-14-22(36-4)27(20)37-5)31(28(35)26(23)34)16-10-15-30(2)3/h6-9,11-14,17,24,33H,10,15-16H2,1-5H3/t24-/m1/s1. The zero-order chi connectivity index (χ0) is 26.7. The molecule has 2 heterocycles. The van der Waals surface area contributed by atoms with E-state index in [1.807, 2.05) is 56.3 Å². The molecule has 37 heavy (non-hydrogen) atoms. The minimum Gasteiger partial charge on any atom is -0.507 e. The lowest BCUT2D eigenvalue weighted by molar-refractivity contribution is -0.140. The number of aromatic nitrogens is 2. The highest BCUT2D eigenvalue weighted by atomic mass is 16.5. The third-order valence-corrected chi connectivity index (χ3v) is 6.54. The van der Waals surface area contributed by atoms with Gasteiger partial charge in [-0.1, -0.05) is 30.3 Å². The zero-order valence-electron chi connectivity index (χ0n) is 21.8. The molecule has 4 rings (SSSR count). The van der Waals surface area contributed by atoms with E-state index in [9.17, 15) is 14.7 Å². The van der Waals surface area contributed by atoms with Crippen LogP contribution in [0.2, 0.25) is 0 Å². The lowest BCUT2D eigenvalue weighted by Gasteiger charge is -2.27. The maximum Gasteiger partial charge on any atom is 0.295 e. The molecule has 0 unspecified atom stereocenters. The van der Waals surface area contributed by atoms with Crippen molar-refractivity contribution in [3.05, 3.63) is 77.1 Å². The summed E-state index contributed by atoms with van der Waals surface area (Å²) in [5.41, 5.74) is 2.38. The summed E-state index contributed by atoms with van der Waals surface area (Å²) < 4.78 is 12.8.